The molecule has 0 saturated carbocycles. The van der Waals surface area contributed by atoms with Gasteiger partial charge in [-0.2, -0.15) is 0 Å². The highest BCUT2D eigenvalue weighted by Gasteiger charge is 2.34. The topological polar surface area (TPSA) is 29.5 Å². The largest absolute Gasteiger partial charge is 0.387 e. The first-order valence-corrected chi connectivity index (χ1v) is 3.93. The lowest BCUT2D eigenvalue weighted by Crippen LogP contribution is -2.30. The molecule has 0 aromatic heterocycles. The van der Waals surface area contributed by atoms with E-state index in [0.29, 0.717) is 19.1 Å². The van der Waals surface area contributed by atoms with Gasteiger partial charge in [0, 0.05) is 5.92 Å². The molecule has 62 valence electrons. The molecule has 1 heterocycles. The Labute approximate surface area is 63.2 Å². The molecule has 2 heteroatoms. The maximum absolute atomic E-state index is 9.34. The molecule has 2 atom stereocenters. The Morgan fingerprint density at radius 2 is 2.00 bits per heavy atom. The van der Waals surface area contributed by atoms with Crippen LogP contribution in [-0.2, 0) is 4.74 Å². The molecule has 1 N–H and O–H groups in total. The SMILES string of the molecule is CC.C[C@H]1COCC1(C)O. The maximum atomic E-state index is 9.34. The first-order valence-electron chi connectivity index (χ1n) is 3.93. The van der Waals surface area contributed by atoms with Crippen molar-refractivity contribution in [3.8, 4) is 0 Å². The Bertz CT molecular complexity index is 89.3. The van der Waals surface area contributed by atoms with Crippen LogP contribution >= 0.6 is 0 Å². The third-order valence-electron chi connectivity index (χ3n) is 1.82. The lowest BCUT2D eigenvalue weighted by Gasteiger charge is -2.18. The number of rotatable bonds is 0. The second-order valence-corrected chi connectivity index (χ2v) is 2.77. The summed E-state index contributed by atoms with van der Waals surface area (Å²) in [6.07, 6.45) is 0. The molecule has 0 amide bonds. The smallest absolute Gasteiger partial charge is 0.0899 e. The Morgan fingerprint density at radius 3 is 2.10 bits per heavy atom. The van der Waals surface area contributed by atoms with Gasteiger partial charge >= 0.3 is 0 Å². The van der Waals surface area contributed by atoms with Crippen molar-refractivity contribution in [1.29, 1.82) is 0 Å². The van der Waals surface area contributed by atoms with E-state index in [1.54, 1.807) is 0 Å². The standard InChI is InChI=1S/C6H12O2.C2H6/c1-5-3-8-4-6(5,2)7;1-2/h5,7H,3-4H2,1-2H3;1-2H3/t5-,6?;/m0./s1. The van der Waals surface area contributed by atoms with E-state index in [1.807, 2.05) is 27.7 Å². The summed E-state index contributed by atoms with van der Waals surface area (Å²) in [7, 11) is 0. The highest BCUT2D eigenvalue weighted by atomic mass is 16.5. The van der Waals surface area contributed by atoms with E-state index >= 15 is 0 Å². The molecule has 1 saturated heterocycles. The fourth-order valence-electron chi connectivity index (χ4n) is 0.764. The van der Waals surface area contributed by atoms with Crippen LogP contribution in [0.4, 0.5) is 0 Å². The minimum atomic E-state index is -0.569. The molecular formula is C8H18O2. The summed E-state index contributed by atoms with van der Waals surface area (Å²) in [5.41, 5.74) is -0.569. The predicted molar refractivity (Wildman–Crippen MR) is 42.0 cm³/mol. The highest BCUT2D eigenvalue weighted by Crippen LogP contribution is 2.23. The van der Waals surface area contributed by atoms with E-state index < -0.39 is 5.60 Å². The molecule has 1 aliphatic rings. The van der Waals surface area contributed by atoms with Crippen LogP contribution in [-0.4, -0.2) is 23.9 Å². The van der Waals surface area contributed by atoms with E-state index in [2.05, 4.69) is 0 Å². The molecule has 2 nitrogen and oxygen atoms in total. The number of aliphatic hydroxyl groups is 1. The molecular weight excluding hydrogens is 128 g/mol. The number of ether oxygens (including phenoxy) is 1. The van der Waals surface area contributed by atoms with Crippen LogP contribution in [0.5, 0.6) is 0 Å². The molecule has 1 aliphatic heterocycles. The van der Waals surface area contributed by atoms with Crippen molar-refractivity contribution in [3.63, 3.8) is 0 Å². The van der Waals surface area contributed by atoms with E-state index in [1.165, 1.54) is 0 Å². The molecule has 0 radical (unpaired) electrons. The van der Waals surface area contributed by atoms with E-state index in [9.17, 15) is 5.11 Å². The average Bonchev–Trinajstić information content (AvgIpc) is 2.17. The summed E-state index contributed by atoms with van der Waals surface area (Å²) in [6, 6.07) is 0. The first kappa shape index (κ1) is 9.92. The van der Waals surface area contributed by atoms with Gasteiger partial charge in [-0.15, -0.1) is 0 Å². The van der Waals surface area contributed by atoms with Crippen molar-refractivity contribution in [2.24, 2.45) is 5.92 Å². The summed E-state index contributed by atoms with van der Waals surface area (Å²) in [5.74, 6) is 0.294. The van der Waals surface area contributed by atoms with Gasteiger partial charge in [-0.3, -0.25) is 0 Å². The van der Waals surface area contributed by atoms with Crippen LogP contribution in [0.2, 0.25) is 0 Å². The third-order valence-corrected chi connectivity index (χ3v) is 1.82. The van der Waals surface area contributed by atoms with Gasteiger partial charge in [-0.1, -0.05) is 20.8 Å². The summed E-state index contributed by atoms with van der Waals surface area (Å²) in [5, 5.41) is 9.34. The molecule has 0 aromatic rings. The molecule has 1 unspecified atom stereocenters. The first-order chi connectivity index (χ1) is 4.63. The molecule has 1 fully saturated rings. The second-order valence-electron chi connectivity index (χ2n) is 2.77. The zero-order valence-corrected chi connectivity index (χ0v) is 7.35. The summed E-state index contributed by atoms with van der Waals surface area (Å²) >= 11 is 0. The summed E-state index contributed by atoms with van der Waals surface area (Å²) in [4.78, 5) is 0. The third kappa shape index (κ3) is 2.27. The van der Waals surface area contributed by atoms with E-state index in [-0.39, 0.29) is 0 Å². The van der Waals surface area contributed by atoms with Crippen LogP contribution in [0.1, 0.15) is 27.7 Å². The lowest BCUT2D eigenvalue weighted by molar-refractivity contribution is 0.0233. The molecule has 0 aromatic carbocycles. The molecule has 1 rings (SSSR count). The normalized spacial score (nSPS) is 38.7. The molecule has 0 spiro atoms. The van der Waals surface area contributed by atoms with Gasteiger partial charge in [0.15, 0.2) is 0 Å². The van der Waals surface area contributed by atoms with Crippen LogP contribution < -0.4 is 0 Å². The summed E-state index contributed by atoms with van der Waals surface area (Å²) in [6.45, 7) is 9.00. The van der Waals surface area contributed by atoms with Crippen molar-refractivity contribution in [1.82, 2.24) is 0 Å². The van der Waals surface area contributed by atoms with Gasteiger partial charge in [0.25, 0.3) is 0 Å². The predicted octanol–water partition coefficient (Wildman–Crippen LogP) is 1.43. The fraction of sp³-hybridized carbons (Fsp3) is 1.00. The molecule has 0 bridgehead atoms. The second kappa shape index (κ2) is 3.94. The van der Waals surface area contributed by atoms with Crippen LogP contribution in [0.25, 0.3) is 0 Å². The van der Waals surface area contributed by atoms with Crippen molar-refractivity contribution in [3.05, 3.63) is 0 Å². The van der Waals surface area contributed by atoms with Gasteiger partial charge in [-0.05, 0) is 6.92 Å². The van der Waals surface area contributed by atoms with E-state index in [0.717, 1.165) is 0 Å². The monoisotopic (exact) mass is 146 g/mol. The maximum Gasteiger partial charge on any atom is 0.0899 e. The van der Waals surface area contributed by atoms with Crippen molar-refractivity contribution < 1.29 is 9.84 Å². The van der Waals surface area contributed by atoms with Gasteiger partial charge in [-0.25, -0.2) is 0 Å². The molecule has 0 aliphatic carbocycles. The van der Waals surface area contributed by atoms with Crippen molar-refractivity contribution in [2.45, 2.75) is 33.3 Å². The van der Waals surface area contributed by atoms with Gasteiger partial charge in [0.05, 0.1) is 18.8 Å². The van der Waals surface area contributed by atoms with Crippen LogP contribution in [0, 0.1) is 5.92 Å². The average molecular weight is 146 g/mol. The minimum absolute atomic E-state index is 0.294. The van der Waals surface area contributed by atoms with Crippen LogP contribution in [0.15, 0.2) is 0 Å². The highest BCUT2D eigenvalue weighted by molar-refractivity contribution is 4.83. The zero-order valence-electron chi connectivity index (χ0n) is 7.35. The Balaban J connectivity index is 0.000000371. The molecule has 10 heavy (non-hydrogen) atoms. The number of hydrogen-bond acceptors (Lipinski definition) is 2. The quantitative estimate of drug-likeness (QED) is 0.560. The van der Waals surface area contributed by atoms with Gasteiger partial charge < -0.3 is 9.84 Å². The Kier molecular flexibility index (Phi) is 3.91. The minimum Gasteiger partial charge on any atom is -0.387 e. The van der Waals surface area contributed by atoms with Crippen molar-refractivity contribution >= 4 is 0 Å². The van der Waals surface area contributed by atoms with Gasteiger partial charge in [0.2, 0.25) is 0 Å². The lowest BCUT2D eigenvalue weighted by atomic mass is 9.95. The Morgan fingerprint density at radius 1 is 1.50 bits per heavy atom. The number of hydrogen-bond donors (Lipinski definition) is 1. The zero-order chi connectivity index (χ0) is 8.20. The fourth-order valence-corrected chi connectivity index (χ4v) is 0.764. The van der Waals surface area contributed by atoms with Crippen LogP contribution in [0.3, 0.4) is 0 Å². The van der Waals surface area contributed by atoms with E-state index in [4.69, 9.17) is 4.74 Å². The van der Waals surface area contributed by atoms with Crippen molar-refractivity contribution in [2.75, 3.05) is 13.2 Å². The van der Waals surface area contributed by atoms with Gasteiger partial charge in [0.1, 0.15) is 0 Å². The Hall–Kier alpha value is -0.0800. The summed E-state index contributed by atoms with van der Waals surface area (Å²) < 4.78 is 5.02.